The van der Waals surface area contributed by atoms with Crippen LogP contribution in [0.4, 0.5) is 4.39 Å². The number of benzene rings is 1. The van der Waals surface area contributed by atoms with Crippen LogP contribution in [-0.2, 0) is 0 Å². The molecule has 12 heavy (non-hydrogen) atoms. The lowest BCUT2D eigenvalue weighted by Gasteiger charge is -1.97. The van der Waals surface area contributed by atoms with Crippen LogP contribution in [0.25, 0.3) is 0 Å². The molecular formula is C9H7FN2. The maximum Gasteiger partial charge on any atom is 0.147 e. The Kier molecular flexibility index (Phi) is 2.44. The third kappa shape index (κ3) is 1.43. The number of nitrogens with two attached hydrogens (primary N) is 1. The lowest BCUT2D eigenvalue weighted by Crippen LogP contribution is -1.93. The highest BCUT2D eigenvalue weighted by atomic mass is 19.1. The zero-order valence-electron chi connectivity index (χ0n) is 6.29. The monoisotopic (exact) mass is 162 g/mol. The van der Waals surface area contributed by atoms with Crippen molar-refractivity contribution in [2.24, 2.45) is 10.9 Å². The fourth-order valence-corrected chi connectivity index (χ4v) is 0.841. The summed E-state index contributed by atoms with van der Waals surface area (Å²) in [7, 11) is 0. The van der Waals surface area contributed by atoms with Crippen LogP contribution < -0.4 is 5.84 Å². The third-order valence-corrected chi connectivity index (χ3v) is 1.40. The van der Waals surface area contributed by atoms with E-state index in [9.17, 15) is 4.39 Å². The van der Waals surface area contributed by atoms with Gasteiger partial charge in [0.15, 0.2) is 0 Å². The summed E-state index contributed by atoms with van der Waals surface area (Å²) in [5, 5.41) is 3.21. The van der Waals surface area contributed by atoms with Crippen molar-refractivity contribution in [1.82, 2.24) is 0 Å². The van der Waals surface area contributed by atoms with Crippen molar-refractivity contribution in [2.45, 2.75) is 0 Å². The lowest BCUT2D eigenvalue weighted by atomic mass is 10.1. The molecule has 0 amide bonds. The van der Waals surface area contributed by atoms with Crippen LogP contribution in [0.1, 0.15) is 11.1 Å². The van der Waals surface area contributed by atoms with Gasteiger partial charge in [-0.3, -0.25) is 0 Å². The predicted molar refractivity (Wildman–Crippen MR) is 46.1 cm³/mol. The molecule has 0 saturated carbocycles. The van der Waals surface area contributed by atoms with Crippen molar-refractivity contribution in [3.63, 3.8) is 0 Å². The lowest BCUT2D eigenvalue weighted by molar-refractivity contribution is 0.622. The van der Waals surface area contributed by atoms with E-state index in [4.69, 9.17) is 12.3 Å². The summed E-state index contributed by atoms with van der Waals surface area (Å²) in [4.78, 5) is 0. The van der Waals surface area contributed by atoms with Crippen LogP contribution in [0.3, 0.4) is 0 Å². The molecule has 1 aromatic carbocycles. The van der Waals surface area contributed by atoms with Gasteiger partial charge < -0.3 is 5.84 Å². The summed E-state index contributed by atoms with van der Waals surface area (Å²) in [6.45, 7) is 0. The number of hydrogen-bond acceptors (Lipinski definition) is 2. The maximum absolute atomic E-state index is 13.2. The predicted octanol–water partition coefficient (Wildman–Crippen LogP) is 1.10. The van der Waals surface area contributed by atoms with Gasteiger partial charge in [-0.15, -0.1) is 6.42 Å². The Hall–Kier alpha value is -1.82. The SMILES string of the molecule is C#Cc1cccc(C=NN)c1F. The highest BCUT2D eigenvalue weighted by molar-refractivity contribution is 5.80. The van der Waals surface area contributed by atoms with E-state index in [-0.39, 0.29) is 5.56 Å². The average Bonchev–Trinajstić information content (AvgIpc) is 2.09. The minimum absolute atomic E-state index is 0.215. The number of hydrogen-bond donors (Lipinski definition) is 1. The van der Waals surface area contributed by atoms with Gasteiger partial charge >= 0.3 is 0 Å². The zero-order chi connectivity index (χ0) is 8.97. The Labute approximate surface area is 69.9 Å². The standard InChI is InChI=1S/C9H7FN2/c1-2-7-4-3-5-8(6-12-11)9(7)10/h1,3-6H,11H2. The molecule has 0 atom stereocenters. The van der Waals surface area contributed by atoms with Gasteiger partial charge in [0.25, 0.3) is 0 Å². The van der Waals surface area contributed by atoms with E-state index in [1.54, 1.807) is 12.1 Å². The Balaban J connectivity index is 3.25. The van der Waals surface area contributed by atoms with Gasteiger partial charge in [-0.05, 0) is 6.07 Å². The number of halogens is 1. The normalized spacial score (nSPS) is 10.0. The zero-order valence-corrected chi connectivity index (χ0v) is 6.29. The van der Waals surface area contributed by atoms with Gasteiger partial charge in [0.1, 0.15) is 5.82 Å². The van der Waals surface area contributed by atoms with Gasteiger partial charge in [-0.25, -0.2) is 4.39 Å². The number of hydrazone groups is 1. The van der Waals surface area contributed by atoms with Crippen LogP contribution in [0, 0.1) is 18.2 Å². The number of nitrogens with zero attached hydrogens (tertiary/aromatic N) is 1. The van der Waals surface area contributed by atoms with Gasteiger partial charge in [0.2, 0.25) is 0 Å². The molecule has 1 aromatic rings. The first-order chi connectivity index (χ1) is 5.79. The molecule has 0 aliphatic heterocycles. The summed E-state index contributed by atoms with van der Waals surface area (Å²) < 4.78 is 13.2. The average molecular weight is 162 g/mol. The second-order valence-electron chi connectivity index (χ2n) is 2.13. The molecule has 0 aliphatic rings. The molecule has 0 radical (unpaired) electrons. The summed E-state index contributed by atoms with van der Waals surface area (Å²) in [5.74, 6) is 6.62. The molecule has 0 aliphatic carbocycles. The van der Waals surface area contributed by atoms with Gasteiger partial charge in [0.05, 0.1) is 11.8 Å². The second-order valence-corrected chi connectivity index (χ2v) is 2.13. The molecule has 60 valence electrons. The van der Waals surface area contributed by atoms with Crippen LogP contribution in [0.2, 0.25) is 0 Å². The Morgan fingerprint density at radius 3 is 2.92 bits per heavy atom. The van der Waals surface area contributed by atoms with Crippen LogP contribution in [-0.4, -0.2) is 6.21 Å². The first kappa shape index (κ1) is 8.28. The molecule has 1 rings (SSSR count). The van der Waals surface area contributed by atoms with E-state index in [0.29, 0.717) is 5.56 Å². The topological polar surface area (TPSA) is 38.4 Å². The number of terminal acetylenes is 1. The Bertz CT molecular complexity index is 350. The molecule has 3 heteroatoms. The van der Waals surface area contributed by atoms with Crippen molar-refractivity contribution in [3.05, 3.63) is 35.1 Å². The largest absolute Gasteiger partial charge is 0.323 e. The molecule has 0 saturated heterocycles. The third-order valence-electron chi connectivity index (χ3n) is 1.40. The summed E-state index contributed by atoms with van der Waals surface area (Å²) in [6.07, 6.45) is 6.27. The van der Waals surface area contributed by atoms with Gasteiger partial charge in [0, 0.05) is 5.56 Å². The smallest absolute Gasteiger partial charge is 0.147 e. The first-order valence-electron chi connectivity index (χ1n) is 3.28. The second kappa shape index (κ2) is 3.54. The van der Waals surface area contributed by atoms with E-state index in [1.165, 1.54) is 12.3 Å². The van der Waals surface area contributed by atoms with E-state index < -0.39 is 5.82 Å². The van der Waals surface area contributed by atoms with Crippen molar-refractivity contribution in [1.29, 1.82) is 0 Å². The highest BCUT2D eigenvalue weighted by Gasteiger charge is 2.02. The minimum atomic E-state index is -0.464. The molecule has 0 fully saturated rings. The Morgan fingerprint density at radius 1 is 1.58 bits per heavy atom. The maximum atomic E-state index is 13.2. The van der Waals surface area contributed by atoms with Crippen molar-refractivity contribution >= 4 is 6.21 Å². The Morgan fingerprint density at radius 2 is 2.33 bits per heavy atom. The van der Waals surface area contributed by atoms with E-state index in [1.807, 2.05) is 0 Å². The molecule has 2 nitrogen and oxygen atoms in total. The molecular weight excluding hydrogens is 155 g/mol. The first-order valence-corrected chi connectivity index (χ1v) is 3.28. The van der Waals surface area contributed by atoms with Crippen molar-refractivity contribution in [3.8, 4) is 12.3 Å². The molecule has 0 unspecified atom stereocenters. The van der Waals surface area contributed by atoms with Crippen molar-refractivity contribution in [2.75, 3.05) is 0 Å². The summed E-state index contributed by atoms with van der Waals surface area (Å²) >= 11 is 0. The fraction of sp³-hybridized carbons (Fsp3) is 0. The van der Waals surface area contributed by atoms with Crippen molar-refractivity contribution < 1.29 is 4.39 Å². The van der Waals surface area contributed by atoms with E-state index >= 15 is 0 Å². The number of rotatable bonds is 1. The van der Waals surface area contributed by atoms with Gasteiger partial charge in [-0.2, -0.15) is 5.10 Å². The van der Waals surface area contributed by atoms with E-state index in [2.05, 4.69) is 11.0 Å². The fourth-order valence-electron chi connectivity index (χ4n) is 0.841. The highest BCUT2D eigenvalue weighted by Crippen LogP contribution is 2.09. The van der Waals surface area contributed by atoms with Gasteiger partial charge in [-0.1, -0.05) is 18.1 Å². The molecule has 0 aromatic heterocycles. The van der Waals surface area contributed by atoms with Crippen LogP contribution >= 0.6 is 0 Å². The molecule has 0 bridgehead atoms. The van der Waals surface area contributed by atoms with E-state index in [0.717, 1.165) is 0 Å². The summed E-state index contributed by atoms with van der Waals surface area (Å²) in [5.41, 5.74) is 0.514. The molecule has 2 N–H and O–H groups in total. The quantitative estimate of drug-likeness (QED) is 0.285. The van der Waals surface area contributed by atoms with Crippen LogP contribution in [0.5, 0.6) is 0 Å². The molecule has 0 heterocycles. The minimum Gasteiger partial charge on any atom is -0.323 e. The van der Waals surface area contributed by atoms with Crippen LogP contribution in [0.15, 0.2) is 23.3 Å². The molecule has 0 spiro atoms. The summed E-state index contributed by atoms with van der Waals surface area (Å²) in [6, 6.07) is 4.71.